The van der Waals surface area contributed by atoms with E-state index in [9.17, 15) is 22.0 Å². The van der Waals surface area contributed by atoms with Crippen LogP contribution in [-0.2, 0) is 17.5 Å². The van der Waals surface area contributed by atoms with Crippen molar-refractivity contribution < 1.29 is 26.7 Å². The molecule has 1 aromatic carbocycles. The molecule has 0 unspecified atom stereocenters. The molecule has 3 aromatic heterocycles. The lowest BCUT2D eigenvalue weighted by atomic mass is 10.1. The molecule has 0 bridgehead atoms. The summed E-state index contributed by atoms with van der Waals surface area (Å²) in [7, 11) is -1.31. The Bertz CT molecular complexity index is 1340. The molecule has 34 heavy (non-hydrogen) atoms. The highest BCUT2D eigenvalue weighted by Gasteiger charge is 2.42. The first-order valence-electron chi connectivity index (χ1n) is 10.7. The summed E-state index contributed by atoms with van der Waals surface area (Å²) in [5.74, 6) is -0.281. The molecule has 0 N–H and O–H groups in total. The smallest absolute Gasteiger partial charge is 0.375 e. The Morgan fingerprint density at radius 1 is 1.12 bits per heavy atom. The molecule has 0 amide bonds. The van der Waals surface area contributed by atoms with E-state index in [4.69, 9.17) is 4.74 Å². The number of aryl methyl sites for hydroxylation is 1. The lowest BCUT2D eigenvalue weighted by Crippen LogP contribution is -2.21. The van der Waals surface area contributed by atoms with Gasteiger partial charge in [0.05, 0.1) is 17.8 Å². The Kier molecular flexibility index (Phi) is 6.23. The molecule has 3 heterocycles. The van der Waals surface area contributed by atoms with Gasteiger partial charge < -0.3 is 4.74 Å². The molecule has 0 saturated carbocycles. The van der Waals surface area contributed by atoms with Crippen LogP contribution in [-0.4, -0.2) is 38.8 Å². The molecule has 0 atom stereocenters. The molecule has 12 heteroatoms. The Morgan fingerprint density at radius 2 is 1.85 bits per heavy atom. The van der Waals surface area contributed by atoms with Gasteiger partial charge in [-0.2, -0.15) is 23.0 Å². The summed E-state index contributed by atoms with van der Waals surface area (Å²) in [6, 6.07) is 7.51. The second-order valence-corrected chi connectivity index (χ2v) is 14.9. The van der Waals surface area contributed by atoms with Crippen molar-refractivity contribution in [1.29, 1.82) is 0 Å². The van der Waals surface area contributed by atoms with Gasteiger partial charge in [-0.25, -0.2) is 18.7 Å². The van der Waals surface area contributed by atoms with Crippen LogP contribution in [0.15, 0.2) is 30.5 Å². The maximum atomic E-state index is 13.9. The topological polar surface area (TPSA) is 57.2 Å². The summed E-state index contributed by atoms with van der Waals surface area (Å²) in [5, 5.41) is 5.21. The van der Waals surface area contributed by atoms with Crippen LogP contribution in [0.1, 0.15) is 29.1 Å². The first kappa shape index (κ1) is 24.3. The number of nitrogens with zero attached hydrogens (tertiary/aromatic N) is 5. The highest BCUT2D eigenvalue weighted by atomic mass is 28.3. The molecule has 0 aliphatic carbocycles. The third-order valence-electron chi connectivity index (χ3n) is 5.42. The number of alkyl halides is 5. The minimum Gasteiger partial charge on any atom is -0.375 e. The van der Waals surface area contributed by atoms with Crippen molar-refractivity contribution in [3.63, 3.8) is 0 Å². The van der Waals surface area contributed by atoms with E-state index in [1.807, 2.05) is 6.07 Å². The van der Waals surface area contributed by atoms with E-state index in [0.29, 0.717) is 27.6 Å². The van der Waals surface area contributed by atoms with Crippen LogP contribution < -0.4 is 0 Å². The fourth-order valence-corrected chi connectivity index (χ4v) is 4.52. The number of aromatic nitrogens is 5. The summed E-state index contributed by atoms with van der Waals surface area (Å²) in [4.78, 5) is 7.65. The molecule has 6 nitrogen and oxygen atoms in total. The predicted octanol–water partition coefficient (Wildman–Crippen LogP) is 6.19. The number of benzene rings is 1. The second-order valence-electron chi connectivity index (χ2n) is 9.28. The van der Waals surface area contributed by atoms with Crippen LogP contribution >= 0.6 is 0 Å². The van der Waals surface area contributed by atoms with Crippen molar-refractivity contribution in [3.05, 3.63) is 53.1 Å². The third-order valence-corrected chi connectivity index (χ3v) is 7.13. The van der Waals surface area contributed by atoms with Crippen LogP contribution in [0.3, 0.4) is 0 Å². The van der Waals surface area contributed by atoms with Crippen molar-refractivity contribution >= 4 is 24.6 Å². The van der Waals surface area contributed by atoms with Crippen LogP contribution in [0.2, 0.25) is 25.7 Å². The molecule has 0 saturated heterocycles. The number of halogens is 5. The number of rotatable bonds is 7. The van der Waals surface area contributed by atoms with Crippen molar-refractivity contribution in [2.45, 2.75) is 51.8 Å². The van der Waals surface area contributed by atoms with Gasteiger partial charge in [0.15, 0.2) is 5.69 Å². The molecule has 0 aliphatic heterocycles. The first-order chi connectivity index (χ1) is 15.9. The monoisotopic (exact) mass is 497 g/mol. The normalized spacial score (nSPS) is 13.0. The molecule has 4 rings (SSSR count). The van der Waals surface area contributed by atoms with E-state index >= 15 is 0 Å². The molecule has 0 spiro atoms. The maximum absolute atomic E-state index is 13.9. The molecule has 0 aliphatic rings. The molecular formula is C22H24F5N5OSi. The Balaban J connectivity index is 1.90. The van der Waals surface area contributed by atoms with E-state index in [0.717, 1.165) is 17.7 Å². The molecule has 0 fully saturated rings. The number of imidazole rings is 1. The fourth-order valence-electron chi connectivity index (χ4n) is 3.77. The fraction of sp³-hybridized carbons (Fsp3) is 0.409. The SMILES string of the molecule is Cc1cccc2c(COCC[Si](C)(C)C)nn(-c3nccc4nc(C(F)F)c(C(F)(F)F)n34)c12. The predicted molar refractivity (Wildman–Crippen MR) is 120 cm³/mol. The second kappa shape index (κ2) is 8.73. The van der Waals surface area contributed by atoms with E-state index in [-0.39, 0.29) is 18.2 Å². The van der Waals surface area contributed by atoms with E-state index in [2.05, 4.69) is 34.7 Å². The van der Waals surface area contributed by atoms with Crippen molar-refractivity contribution in [3.8, 4) is 5.95 Å². The van der Waals surface area contributed by atoms with Crippen molar-refractivity contribution in [2.75, 3.05) is 6.61 Å². The minimum absolute atomic E-state index is 0.158. The van der Waals surface area contributed by atoms with Gasteiger partial charge in [-0.3, -0.25) is 4.40 Å². The van der Waals surface area contributed by atoms with Crippen LogP contribution in [0, 0.1) is 6.92 Å². The quantitative estimate of drug-likeness (QED) is 0.174. The maximum Gasteiger partial charge on any atom is 0.433 e. The minimum atomic E-state index is -5.08. The Morgan fingerprint density at radius 3 is 2.50 bits per heavy atom. The summed E-state index contributed by atoms with van der Waals surface area (Å²) < 4.78 is 76.3. The Hall–Kier alpha value is -2.86. The zero-order chi connectivity index (χ0) is 24.8. The lowest BCUT2D eigenvalue weighted by Gasteiger charge is -2.15. The molecular weight excluding hydrogens is 473 g/mol. The van der Waals surface area contributed by atoms with E-state index < -0.39 is 32.1 Å². The highest BCUT2D eigenvalue weighted by molar-refractivity contribution is 6.76. The van der Waals surface area contributed by atoms with Crippen molar-refractivity contribution in [1.82, 2.24) is 24.1 Å². The van der Waals surface area contributed by atoms with Gasteiger partial charge in [-0.05, 0) is 24.6 Å². The summed E-state index contributed by atoms with van der Waals surface area (Å²) in [5.41, 5.74) is -1.42. The largest absolute Gasteiger partial charge is 0.433 e. The van der Waals surface area contributed by atoms with Crippen LogP contribution in [0.5, 0.6) is 0 Å². The number of ether oxygens (including phenoxy) is 1. The van der Waals surface area contributed by atoms with Gasteiger partial charge >= 0.3 is 6.18 Å². The summed E-state index contributed by atoms with van der Waals surface area (Å²) in [6.45, 7) is 9.18. The van der Waals surface area contributed by atoms with Gasteiger partial charge in [-0.15, -0.1) is 0 Å². The number of hydrogen-bond acceptors (Lipinski definition) is 4. The highest BCUT2D eigenvalue weighted by Crippen LogP contribution is 2.38. The standard InChI is InChI=1S/C22H24F5N5OSi/c1-13-6-5-7-14-15(12-33-10-11-34(2,3)4)30-32(18(13)14)21-28-9-8-16-29-17(20(23)24)19(31(16)21)22(25,26)27/h5-9,20H,10-12H2,1-4H3. The zero-order valence-corrected chi connectivity index (χ0v) is 20.1. The van der Waals surface area contributed by atoms with Gasteiger partial charge in [0.25, 0.3) is 6.43 Å². The summed E-state index contributed by atoms with van der Waals surface area (Å²) >= 11 is 0. The average molecular weight is 498 g/mol. The number of para-hydroxylation sites is 1. The first-order valence-corrected chi connectivity index (χ1v) is 14.4. The van der Waals surface area contributed by atoms with Crippen LogP contribution in [0.25, 0.3) is 22.5 Å². The van der Waals surface area contributed by atoms with Crippen LogP contribution in [0.4, 0.5) is 22.0 Å². The van der Waals surface area contributed by atoms with Gasteiger partial charge in [0.2, 0.25) is 5.95 Å². The molecule has 0 radical (unpaired) electrons. The zero-order valence-electron chi connectivity index (χ0n) is 19.1. The van der Waals surface area contributed by atoms with E-state index in [1.165, 1.54) is 10.9 Å². The average Bonchev–Trinajstić information content (AvgIpc) is 3.30. The number of hydrogen-bond donors (Lipinski definition) is 0. The van der Waals surface area contributed by atoms with Gasteiger partial charge in [0, 0.05) is 26.3 Å². The summed E-state index contributed by atoms with van der Waals surface area (Å²) in [6.07, 6.45) is -7.26. The van der Waals surface area contributed by atoms with Gasteiger partial charge in [-0.1, -0.05) is 37.8 Å². The van der Waals surface area contributed by atoms with E-state index in [1.54, 1.807) is 19.1 Å². The third kappa shape index (κ3) is 4.56. The lowest BCUT2D eigenvalue weighted by molar-refractivity contribution is -0.143. The van der Waals surface area contributed by atoms with Crippen molar-refractivity contribution in [2.24, 2.45) is 0 Å². The molecule has 182 valence electrons. The van der Waals surface area contributed by atoms with Gasteiger partial charge in [0.1, 0.15) is 11.3 Å². The number of fused-ring (bicyclic) bond motifs is 2. The molecule has 4 aromatic rings. The Labute approximate surface area is 193 Å².